The Labute approximate surface area is 66.4 Å². The van der Waals surface area contributed by atoms with E-state index in [1.807, 2.05) is 0 Å². The molecule has 0 radical (unpaired) electrons. The summed E-state index contributed by atoms with van der Waals surface area (Å²) >= 11 is 0. The van der Waals surface area contributed by atoms with Gasteiger partial charge in [-0.15, -0.1) is 0 Å². The van der Waals surface area contributed by atoms with Crippen molar-refractivity contribution in [3.8, 4) is 0 Å². The summed E-state index contributed by atoms with van der Waals surface area (Å²) in [5, 5.41) is 0.212. The molecule has 3 heteroatoms. The first-order valence-corrected chi connectivity index (χ1v) is 4.60. The molecule has 0 N–H and O–H groups in total. The molecule has 0 bridgehead atoms. The van der Waals surface area contributed by atoms with Gasteiger partial charge in [-0.05, 0) is 0 Å². The van der Waals surface area contributed by atoms with Crippen molar-refractivity contribution in [2.24, 2.45) is 0 Å². The zero-order valence-corrected chi connectivity index (χ0v) is 8.05. The lowest BCUT2D eigenvalue weighted by Crippen LogP contribution is -2.30. The smallest absolute Gasteiger partial charge is 0.326 e. The zero-order chi connectivity index (χ0) is 7.49. The minimum atomic E-state index is -1.38. The van der Waals surface area contributed by atoms with Crippen molar-refractivity contribution in [2.75, 3.05) is 14.2 Å². The highest BCUT2D eigenvalue weighted by atomic mass is 28.3. The van der Waals surface area contributed by atoms with E-state index >= 15 is 0 Å². The molecule has 10 heavy (non-hydrogen) atoms. The van der Waals surface area contributed by atoms with E-state index in [0.717, 1.165) is 0 Å². The summed E-state index contributed by atoms with van der Waals surface area (Å²) < 4.78 is 10.4. The van der Waals surface area contributed by atoms with Crippen LogP contribution in [0.3, 0.4) is 0 Å². The van der Waals surface area contributed by atoms with Crippen LogP contribution in [0.5, 0.6) is 0 Å². The Morgan fingerprint density at radius 1 is 1.00 bits per heavy atom. The van der Waals surface area contributed by atoms with Gasteiger partial charge in [-0.3, -0.25) is 0 Å². The molecule has 0 spiro atoms. The highest BCUT2D eigenvalue weighted by Crippen LogP contribution is 2.26. The summed E-state index contributed by atoms with van der Waals surface area (Å²) in [6.07, 6.45) is 0. The molecule has 2 nitrogen and oxygen atoms in total. The Morgan fingerprint density at radius 3 is 1.30 bits per heavy atom. The summed E-state index contributed by atoms with van der Waals surface area (Å²) in [5.41, 5.74) is 0. The van der Waals surface area contributed by atoms with E-state index in [0.29, 0.717) is 0 Å². The second-order valence-electron chi connectivity index (χ2n) is 3.17. The molecular formula is C7H20O2Si. The van der Waals surface area contributed by atoms with Gasteiger partial charge < -0.3 is 8.85 Å². The van der Waals surface area contributed by atoms with E-state index in [4.69, 9.17) is 8.85 Å². The van der Waals surface area contributed by atoms with Gasteiger partial charge in [0.05, 0.1) is 0 Å². The van der Waals surface area contributed by atoms with E-state index in [9.17, 15) is 0 Å². The van der Waals surface area contributed by atoms with Gasteiger partial charge in [-0.2, -0.15) is 0 Å². The van der Waals surface area contributed by atoms with Crippen LogP contribution in [-0.4, -0.2) is 23.5 Å². The summed E-state index contributed by atoms with van der Waals surface area (Å²) in [6.45, 7) is 6.41. The van der Waals surface area contributed by atoms with Crippen molar-refractivity contribution in [2.45, 2.75) is 33.2 Å². The molecule has 0 aromatic carbocycles. The van der Waals surface area contributed by atoms with Crippen molar-refractivity contribution >= 4 is 9.28 Å². The number of hydrogen-bond donors (Lipinski definition) is 0. The second kappa shape index (κ2) is 4.88. The lowest BCUT2D eigenvalue weighted by atomic mass is 10.3. The van der Waals surface area contributed by atoms with E-state index in [2.05, 4.69) is 20.8 Å². The molecule has 0 amide bonds. The van der Waals surface area contributed by atoms with E-state index in [1.54, 1.807) is 14.2 Å². The fourth-order valence-electron chi connectivity index (χ4n) is 0.803. The van der Waals surface area contributed by atoms with Crippen molar-refractivity contribution < 1.29 is 8.85 Å². The van der Waals surface area contributed by atoms with Crippen molar-refractivity contribution in [3.05, 3.63) is 0 Å². The maximum atomic E-state index is 5.18. The molecule has 0 unspecified atom stereocenters. The fourth-order valence-corrected chi connectivity index (χ4v) is 2.41. The maximum absolute atomic E-state index is 5.18. The molecular weight excluding hydrogens is 144 g/mol. The number of hydrogen-bond acceptors (Lipinski definition) is 2. The Balaban J connectivity index is 0. The Bertz CT molecular complexity index is 74.2. The van der Waals surface area contributed by atoms with Crippen LogP contribution in [0.4, 0.5) is 0 Å². The minimum Gasteiger partial charge on any atom is -0.400 e. The average molecular weight is 164 g/mol. The van der Waals surface area contributed by atoms with Gasteiger partial charge in [-0.25, -0.2) is 0 Å². The van der Waals surface area contributed by atoms with Gasteiger partial charge in [0, 0.05) is 19.3 Å². The molecule has 0 saturated carbocycles. The molecule has 64 valence electrons. The van der Waals surface area contributed by atoms with Crippen LogP contribution >= 0.6 is 0 Å². The second-order valence-corrected chi connectivity index (χ2v) is 6.51. The van der Waals surface area contributed by atoms with Crippen LogP contribution in [0.1, 0.15) is 28.2 Å². The van der Waals surface area contributed by atoms with Crippen LogP contribution < -0.4 is 0 Å². The zero-order valence-electron chi connectivity index (χ0n) is 6.89. The van der Waals surface area contributed by atoms with Crippen molar-refractivity contribution in [1.29, 1.82) is 0 Å². The minimum absolute atomic E-state index is 0. The van der Waals surface area contributed by atoms with Gasteiger partial charge in [0.15, 0.2) is 0 Å². The van der Waals surface area contributed by atoms with Crippen LogP contribution in [0.15, 0.2) is 0 Å². The fraction of sp³-hybridized carbons (Fsp3) is 1.00. The van der Waals surface area contributed by atoms with E-state index in [-0.39, 0.29) is 12.5 Å². The third-order valence-corrected chi connectivity index (χ3v) is 3.41. The molecule has 0 atom stereocenters. The summed E-state index contributed by atoms with van der Waals surface area (Å²) in [5.74, 6) is 0. The summed E-state index contributed by atoms with van der Waals surface area (Å²) in [7, 11) is 2.05. The first-order chi connectivity index (χ1) is 4.02. The molecule has 0 aromatic rings. The topological polar surface area (TPSA) is 18.5 Å². The molecule has 0 aliphatic rings. The number of rotatable bonds is 2. The molecule has 0 saturated heterocycles. The van der Waals surface area contributed by atoms with Gasteiger partial charge in [0.25, 0.3) is 0 Å². The lowest BCUT2D eigenvalue weighted by Gasteiger charge is -2.24. The third-order valence-electron chi connectivity index (χ3n) is 1.14. The SMILES string of the molecule is C.CO[SiH](OC)C(C)(C)C. The highest BCUT2D eigenvalue weighted by molar-refractivity contribution is 6.48. The Kier molecular flexibility index (Phi) is 6.23. The molecule has 0 aromatic heterocycles. The standard InChI is InChI=1S/C6H16O2Si.CH4/c1-6(2,3)9(7-4)8-5;/h9H,1-5H3;1H4. The van der Waals surface area contributed by atoms with Gasteiger partial charge in [0.1, 0.15) is 0 Å². The van der Waals surface area contributed by atoms with E-state index < -0.39 is 9.28 Å². The largest absolute Gasteiger partial charge is 0.400 e. The lowest BCUT2D eigenvalue weighted by molar-refractivity contribution is 0.251. The molecule has 0 fully saturated rings. The summed E-state index contributed by atoms with van der Waals surface area (Å²) in [6, 6.07) is 0. The normalized spacial score (nSPS) is 11.4. The molecule has 0 heterocycles. The maximum Gasteiger partial charge on any atom is 0.326 e. The van der Waals surface area contributed by atoms with Gasteiger partial charge in [0.2, 0.25) is 0 Å². The quantitative estimate of drug-likeness (QED) is 0.581. The predicted molar refractivity (Wildman–Crippen MR) is 47.6 cm³/mol. The predicted octanol–water partition coefficient (Wildman–Crippen LogP) is 1.94. The van der Waals surface area contributed by atoms with Crippen LogP contribution in [-0.2, 0) is 8.85 Å². The molecule has 0 rings (SSSR count). The third kappa shape index (κ3) is 4.03. The van der Waals surface area contributed by atoms with Gasteiger partial charge in [-0.1, -0.05) is 28.2 Å². The molecule has 0 aliphatic carbocycles. The van der Waals surface area contributed by atoms with E-state index in [1.165, 1.54) is 0 Å². The average Bonchev–Trinajstić information content (AvgIpc) is 1.65. The van der Waals surface area contributed by atoms with Crippen LogP contribution in [0.2, 0.25) is 5.04 Å². The monoisotopic (exact) mass is 164 g/mol. The Morgan fingerprint density at radius 2 is 1.30 bits per heavy atom. The van der Waals surface area contributed by atoms with Crippen molar-refractivity contribution in [3.63, 3.8) is 0 Å². The molecule has 0 aliphatic heterocycles. The van der Waals surface area contributed by atoms with Crippen LogP contribution in [0, 0.1) is 0 Å². The van der Waals surface area contributed by atoms with Crippen molar-refractivity contribution in [1.82, 2.24) is 0 Å². The van der Waals surface area contributed by atoms with Crippen LogP contribution in [0.25, 0.3) is 0 Å². The first kappa shape index (κ1) is 12.8. The highest BCUT2D eigenvalue weighted by Gasteiger charge is 2.27. The Hall–Kier alpha value is 0.137. The summed E-state index contributed by atoms with van der Waals surface area (Å²) in [4.78, 5) is 0. The van der Waals surface area contributed by atoms with Gasteiger partial charge >= 0.3 is 9.28 Å². The first-order valence-electron chi connectivity index (χ1n) is 3.08.